The van der Waals surface area contributed by atoms with Gasteiger partial charge in [-0.1, -0.05) is 12.5 Å². The Kier molecular flexibility index (Phi) is 6.02. The van der Waals surface area contributed by atoms with E-state index in [1.807, 2.05) is 0 Å². The summed E-state index contributed by atoms with van der Waals surface area (Å²) in [6.45, 7) is 2.43. The van der Waals surface area contributed by atoms with E-state index >= 15 is 0 Å². The number of hydrogen-bond acceptors (Lipinski definition) is 4. The first-order valence-electron chi connectivity index (χ1n) is 11.1. The molecule has 34 heavy (non-hydrogen) atoms. The molecule has 0 aliphatic carbocycles. The SMILES string of the molecule is O=C(Nc1ccc(F)cn1)c1n[nH]c2ccc(-c3cc(CN4CCCCC4)cc(F)c3F)cc12. The third kappa shape index (κ3) is 4.51. The highest BCUT2D eigenvalue weighted by molar-refractivity contribution is 6.11. The number of nitrogens with zero attached hydrogens (tertiary/aromatic N) is 3. The molecule has 9 heteroatoms. The van der Waals surface area contributed by atoms with Crippen molar-refractivity contribution < 1.29 is 18.0 Å². The Morgan fingerprint density at radius 3 is 2.62 bits per heavy atom. The number of fused-ring (bicyclic) bond motifs is 1. The third-order valence-electron chi connectivity index (χ3n) is 6.00. The van der Waals surface area contributed by atoms with Gasteiger partial charge in [0, 0.05) is 17.5 Å². The first-order valence-corrected chi connectivity index (χ1v) is 11.1. The highest BCUT2D eigenvalue weighted by atomic mass is 19.2. The van der Waals surface area contributed by atoms with Gasteiger partial charge in [0.15, 0.2) is 17.3 Å². The number of aromatic amines is 1. The lowest BCUT2D eigenvalue weighted by molar-refractivity contribution is 0.102. The number of likely N-dealkylation sites (tertiary alicyclic amines) is 1. The Morgan fingerprint density at radius 1 is 1.03 bits per heavy atom. The van der Waals surface area contributed by atoms with E-state index in [0.717, 1.165) is 32.1 Å². The molecule has 0 bridgehead atoms. The molecule has 0 spiro atoms. The van der Waals surface area contributed by atoms with E-state index in [-0.39, 0.29) is 17.1 Å². The van der Waals surface area contributed by atoms with Crippen molar-refractivity contribution in [2.75, 3.05) is 18.4 Å². The third-order valence-corrected chi connectivity index (χ3v) is 6.00. The summed E-state index contributed by atoms with van der Waals surface area (Å²) in [6.07, 6.45) is 4.39. The van der Waals surface area contributed by atoms with Gasteiger partial charge in [-0.2, -0.15) is 5.10 Å². The first-order chi connectivity index (χ1) is 16.5. The van der Waals surface area contributed by atoms with Gasteiger partial charge in [-0.25, -0.2) is 18.2 Å². The maximum absolute atomic E-state index is 14.8. The molecule has 2 aromatic heterocycles. The predicted molar refractivity (Wildman–Crippen MR) is 123 cm³/mol. The molecular weight excluding hydrogens is 443 g/mol. The number of nitrogens with one attached hydrogen (secondary N) is 2. The standard InChI is InChI=1S/C25H22F3N5O/c26-17-5-7-22(29-13-17)30-25(34)24-19-12-16(4-6-21(19)31-32-24)18-10-15(11-20(27)23(18)28)14-33-8-2-1-3-9-33/h4-7,10-13H,1-3,8-9,14H2,(H,31,32)(H,29,30,34). The molecule has 2 N–H and O–H groups in total. The van der Waals surface area contributed by atoms with Crippen molar-refractivity contribution in [3.8, 4) is 11.1 Å². The zero-order chi connectivity index (χ0) is 23.7. The highest BCUT2D eigenvalue weighted by Gasteiger charge is 2.19. The van der Waals surface area contributed by atoms with Crippen LogP contribution in [0.15, 0.2) is 48.7 Å². The molecule has 1 fully saturated rings. The van der Waals surface area contributed by atoms with E-state index in [4.69, 9.17) is 0 Å². The fourth-order valence-corrected chi connectivity index (χ4v) is 4.30. The molecule has 174 valence electrons. The van der Waals surface area contributed by atoms with Crippen LogP contribution in [0, 0.1) is 17.5 Å². The number of hydrogen-bond donors (Lipinski definition) is 2. The van der Waals surface area contributed by atoms with Crippen LogP contribution in [0.3, 0.4) is 0 Å². The van der Waals surface area contributed by atoms with Crippen molar-refractivity contribution in [1.82, 2.24) is 20.1 Å². The summed E-state index contributed by atoms with van der Waals surface area (Å²) in [4.78, 5) is 18.8. The molecule has 2 aromatic carbocycles. The van der Waals surface area contributed by atoms with Gasteiger partial charge in [0.2, 0.25) is 0 Å². The van der Waals surface area contributed by atoms with E-state index in [1.165, 1.54) is 24.6 Å². The van der Waals surface area contributed by atoms with Crippen LogP contribution in [0.1, 0.15) is 35.3 Å². The number of rotatable bonds is 5. The number of carbonyl (C=O) groups is 1. The molecule has 6 nitrogen and oxygen atoms in total. The van der Waals surface area contributed by atoms with Crippen LogP contribution in [-0.4, -0.2) is 39.1 Å². The van der Waals surface area contributed by atoms with Crippen LogP contribution in [-0.2, 0) is 6.54 Å². The van der Waals surface area contributed by atoms with Crippen molar-refractivity contribution in [3.05, 3.63) is 77.4 Å². The number of carbonyl (C=O) groups excluding carboxylic acids is 1. The molecule has 0 radical (unpaired) electrons. The number of amides is 1. The number of benzene rings is 2. The minimum absolute atomic E-state index is 0.0633. The average molecular weight is 465 g/mol. The molecule has 1 aliphatic heterocycles. The number of pyridine rings is 1. The molecule has 1 amide bonds. The van der Waals surface area contributed by atoms with Gasteiger partial charge in [-0.15, -0.1) is 0 Å². The molecule has 5 rings (SSSR count). The van der Waals surface area contributed by atoms with Crippen LogP contribution >= 0.6 is 0 Å². The van der Waals surface area contributed by atoms with Crippen LogP contribution < -0.4 is 5.32 Å². The molecule has 0 unspecified atom stereocenters. The van der Waals surface area contributed by atoms with E-state index in [9.17, 15) is 18.0 Å². The second kappa shape index (κ2) is 9.26. The number of piperidine rings is 1. The number of H-pyrrole nitrogens is 1. The van der Waals surface area contributed by atoms with Gasteiger partial charge in [-0.05, 0) is 73.5 Å². The lowest BCUT2D eigenvalue weighted by atomic mass is 9.99. The number of anilines is 1. The van der Waals surface area contributed by atoms with Gasteiger partial charge < -0.3 is 5.32 Å². The van der Waals surface area contributed by atoms with E-state index in [0.29, 0.717) is 28.6 Å². The molecule has 1 aliphatic rings. The van der Waals surface area contributed by atoms with Gasteiger partial charge in [0.25, 0.3) is 5.91 Å². The molecule has 0 saturated carbocycles. The summed E-state index contributed by atoms with van der Waals surface area (Å²) < 4.78 is 42.4. The number of halogens is 3. The average Bonchev–Trinajstić information content (AvgIpc) is 3.27. The van der Waals surface area contributed by atoms with E-state index < -0.39 is 23.4 Å². The molecule has 1 saturated heterocycles. The Balaban J connectivity index is 1.47. The summed E-state index contributed by atoms with van der Waals surface area (Å²) in [5.41, 5.74) is 1.88. The van der Waals surface area contributed by atoms with Crippen LogP contribution in [0.2, 0.25) is 0 Å². The van der Waals surface area contributed by atoms with E-state index in [1.54, 1.807) is 24.3 Å². The van der Waals surface area contributed by atoms with E-state index in [2.05, 4.69) is 25.4 Å². The van der Waals surface area contributed by atoms with Crippen molar-refractivity contribution >= 4 is 22.6 Å². The first kappa shape index (κ1) is 22.1. The fourth-order valence-electron chi connectivity index (χ4n) is 4.30. The lowest BCUT2D eigenvalue weighted by Gasteiger charge is -2.26. The van der Waals surface area contributed by atoms with Crippen molar-refractivity contribution in [2.24, 2.45) is 0 Å². The quantitative estimate of drug-likeness (QED) is 0.421. The zero-order valence-corrected chi connectivity index (χ0v) is 18.2. The summed E-state index contributed by atoms with van der Waals surface area (Å²) in [7, 11) is 0. The Hall–Kier alpha value is -3.72. The fraction of sp³-hybridized carbons (Fsp3) is 0.240. The molecule has 0 atom stereocenters. The Bertz CT molecular complexity index is 1350. The van der Waals surface area contributed by atoms with Gasteiger partial charge in [0.05, 0.1) is 11.7 Å². The van der Waals surface area contributed by atoms with Gasteiger partial charge >= 0.3 is 0 Å². The molecule has 3 heterocycles. The molecular formula is C25H22F3N5O. The second-order valence-electron chi connectivity index (χ2n) is 8.42. The van der Waals surface area contributed by atoms with Gasteiger partial charge in [0.1, 0.15) is 11.6 Å². The monoisotopic (exact) mass is 465 g/mol. The van der Waals surface area contributed by atoms with Crippen molar-refractivity contribution in [1.29, 1.82) is 0 Å². The summed E-state index contributed by atoms with van der Waals surface area (Å²) >= 11 is 0. The zero-order valence-electron chi connectivity index (χ0n) is 18.2. The largest absolute Gasteiger partial charge is 0.305 e. The smallest absolute Gasteiger partial charge is 0.277 e. The van der Waals surface area contributed by atoms with Crippen LogP contribution in [0.4, 0.5) is 19.0 Å². The lowest BCUT2D eigenvalue weighted by Crippen LogP contribution is -2.29. The Morgan fingerprint density at radius 2 is 1.85 bits per heavy atom. The summed E-state index contributed by atoms with van der Waals surface area (Å²) in [6, 6.07) is 10.4. The Labute approximate surface area is 193 Å². The van der Waals surface area contributed by atoms with Crippen molar-refractivity contribution in [2.45, 2.75) is 25.8 Å². The summed E-state index contributed by atoms with van der Waals surface area (Å²) in [5.74, 6) is -2.77. The maximum atomic E-state index is 14.8. The normalized spacial score (nSPS) is 14.4. The highest BCUT2D eigenvalue weighted by Crippen LogP contribution is 2.30. The maximum Gasteiger partial charge on any atom is 0.277 e. The molecule has 4 aromatic rings. The van der Waals surface area contributed by atoms with Crippen LogP contribution in [0.5, 0.6) is 0 Å². The topological polar surface area (TPSA) is 73.9 Å². The number of aromatic nitrogens is 3. The minimum Gasteiger partial charge on any atom is -0.305 e. The van der Waals surface area contributed by atoms with Gasteiger partial charge in [-0.3, -0.25) is 14.8 Å². The summed E-state index contributed by atoms with van der Waals surface area (Å²) in [5, 5.41) is 9.84. The van der Waals surface area contributed by atoms with Crippen molar-refractivity contribution in [3.63, 3.8) is 0 Å². The minimum atomic E-state index is -0.938. The predicted octanol–water partition coefficient (Wildman–Crippen LogP) is 5.28. The second-order valence-corrected chi connectivity index (χ2v) is 8.42. The van der Waals surface area contributed by atoms with Crippen LogP contribution in [0.25, 0.3) is 22.0 Å².